The fourth-order valence-corrected chi connectivity index (χ4v) is 2.23. The number of carbonyl (C=O) groups excluding carboxylic acids is 2. The molecule has 0 radical (unpaired) electrons. The van der Waals surface area contributed by atoms with Crippen LogP contribution < -0.4 is 0 Å². The Balaban J connectivity index is 2.26. The molecular weight excluding hydrogens is 298 g/mol. The summed E-state index contributed by atoms with van der Waals surface area (Å²) < 4.78 is 4.84. The van der Waals surface area contributed by atoms with Crippen LogP contribution >= 0.6 is 0 Å². The summed E-state index contributed by atoms with van der Waals surface area (Å²) in [6.07, 6.45) is 0.226. The number of hydrogen-bond donors (Lipinski definition) is 0. The first-order chi connectivity index (χ1) is 11.0. The molecule has 2 aromatic carbocycles. The summed E-state index contributed by atoms with van der Waals surface area (Å²) in [4.78, 5) is 34.8. The molecule has 1 atom stereocenters. The van der Waals surface area contributed by atoms with Crippen molar-refractivity contribution >= 4 is 11.9 Å². The van der Waals surface area contributed by atoms with Gasteiger partial charge in [0.15, 0.2) is 0 Å². The van der Waals surface area contributed by atoms with Gasteiger partial charge in [-0.05, 0) is 18.2 Å². The molecule has 1 unspecified atom stereocenters. The lowest BCUT2D eigenvalue weighted by Gasteiger charge is -2.11. The van der Waals surface area contributed by atoms with Crippen molar-refractivity contribution < 1.29 is 19.2 Å². The van der Waals surface area contributed by atoms with E-state index in [4.69, 9.17) is 4.74 Å². The van der Waals surface area contributed by atoms with E-state index in [1.165, 1.54) is 24.3 Å². The monoisotopic (exact) mass is 313 g/mol. The zero-order chi connectivity index (χ0) is 16.8. The van der Waals surface area contributed by atoms with Gasteiger partial charge in [0.1, 0.15) is 0 Å². The van der Waals surface area contributed by atoms with Crippen LogP contribution in [0.25, 0.3) is 0 Å². The summed E-state index contributed by atoms with van der Waals surface area (Å²) in [6, 6.07) is 13.1. The quantitative estimate of drug-likeness (QED) is 0.365. The molecule has 0 saturated carbocycles. The highest BCUT2D eigenvalue weighted by Gasteiger charge is 2.27. The Hall–Kier alpha value is -3.02. The van der Waals surface area contributed by atoms with Crippen molar-refractivity contribution in [3.8, 4) is 0 Å². The van der Waals surface area contributed by atoms with Crippen molar-refractivity contribution in [1.29, 1.82) is 0 Å². The third kappa shape index (κ3) is 3.79. The second-order valence-electron chi connectivity index (χ2n) is 4.84. The number of nitrogens with zero attached hydrogens (tertiary/aromatic N) is 1. The largest absolute Gasteiger partial charge is 0.386 e. The van der Waals surface area contributed by atoms with Crippen LogP contribution in [0.15, 0.2) is 54.6 Å². The first-order valence-corrected chi connectivity index (χ1v) is 7.08. The average Bonchev–Trinajstić information content (AvgIpc) is 2.56. The molecule has 0 aromatic heterocycles. The molecule has 23 heavy (non-hydrogen) atoms. The number of carbonyl (C=O) groups is 2. The zero-order valence-electron chi connectivity index (χ0n) is 12.5. The van der Waals surface area contributed by atoms with Gasteiger partial charge in [-0.25, -0.2) is 9.59 Å². The normalized spacial score (nSPS) is 11.5. The maximum Gasteiger partial charge on any atom is 0.346 e. The number of hydrogen-bond acceptors (Lipinski definition) is 5. The van der Waals surface area contributed by atoms with Gasteiger partial charge in [-0.2, -0.15) is 0 Å². The first-order valence-electron chi connectivity index (χ1n) is 7.08. The van der Waals surface area contributed by atoms with Crippen LogP contribution in [0.5, 0.6) is 0 Å². The molecule has 2 aromatic rings. The van der Waals surface area contributed by atoms with Crippen LogP contribution in [-0.4, -0.2) is 16.9 Å². The van der Waals surface area contributed by atoms with Crippen LogP contribution in [0.1, 0.15) is 45.7 Å². The van der Waals surface area contributed by atoms with Crippen molar-refractivity contribution in [2.24, 2.45) is 0 Å². The van der Waals surface area contributed by atoms with Gasteiger partial charge in [0.2, 0.25) is 6.04 Å². The topological polar surface area (TPSA) is 86.5 Å². The summed E-state index contributed by atoms with van der Waals surface area (Å²) in [5, 5.41) is 11.1. The third-order valence-corrected chi connectivity index (χ3v) is 3.38. The van der Waals surface area contributed by atoms with E-state index in [1.807, 2.05) is 0 Å². The van der Waals surface area contributed by atoms with Gasteiger partial charge in [-0.1, -0.05) is 43.3 Å². The van der Waals surface area contributed by atoms with E-state index >= 15 is 0 Å². The van der Waals surface area contributed by atoms with E-state index in [0.717, 1.165) is 0 Å². The molecule has 0 aliphatic heterocycles. The van der Waals surface area contributed by atoms with Gasteiger partial charge < -0.3 is 4.74 Å². The molecular formula is C17H15NO5. The predicted octanol–water partition coefficient (Wildman–Crippen LogP) is 3.41. The molecule has 6 nitrogen and oxygen atoms in total. The Labute approximate surface area is 132 Å². The summed E-state index contributed by atoms with van der Waals surface area (Å²) in [7, 11) is 0. The lowest BCUT2D eigenvalue weighted by atomic mass is 9.99. The predicted molar refractivity (Wildman–Crippen MR) is 82.7 cm³/mol. The molecule has 118 valence electrons. The molecule has 0 N–H and O–H groups in total. The Bertz CT molecular complexity index is 727. The van der Waals surface area contributed by atoms with Crippen LogP contribution in [0.4, 0.5) is 0 Å². The number of nitro groups is 1. The van der Waals surface area contributed by atoms with Crippen LogP contribution in [0, 0.1) is 10.1 Å². The zero-order valence-corrected chi connectivity index (χ0v) is 12.5. The average molecular weight is 313 g/mol. The minimum atomic E-state index is -1.02. The molecule has 0 fully saturated rings. The number of ether oxygens (including phenoxy) is 1. The Morgan fingerprint density at radius 1 is 1.04 bits per heavy atom. The maximum absolute atomic E-state index is 12.2. The Morgan fingerprint density at radius 2 is 1.65 bits per heavy atom. The Kier molecular flexibility index (Phi) is 5.19. The highest BCUT2D eigenvalue weighted by atomic mass is 16.6. The molecule has 2 rings (SSSR count). The van der Waals surface area contributed by atoms with Crippen LogP contribution in [-0.2, 0) is 4.74 Å². The second kappa shape index (κ2) is 7.31. The lowest BCUT2D eigenvalue weighted by Crippen LogP contribution is -2.18. The molecule has 0 amide bonds. The second-order valence-corrected chi connectivity index (χ2v) is 4.84. The van der Waals surface area contributed by atoms with E-state index in [2.05, 4.69) is 0 Å². The number of benzene rings is 2. The molecule has 0 bridgehead atoms. The van der Waals surface area contributed by atoms with Crippen molar-refractivity contribution in [3.63, 3.8) is 0 Å². The fourth-order valence-electron chi connectivity index (χ4n) is 2.23. The standard InChI is InChI=1S/C17H15NO5/c1-2-15(18(21)22)13-10-6-7-11-14(13)17(20)23-16(19)12-8-4-3-5-9-12/h3-11,15H,2H2,1H3. The molecule has 0 spiro atoms. The van der Waals surface area contributed by atoms with E-state index in [0.29, 0.717) is 0 Å². The van der Waals surface area contributed by atoms with Crippen molar-refractivity contribution in [1.82, 2.24) is 0 Å². The molecule has 0 aliphatic carbocycles. The van der Waals surface area contributed by atoms with E-state index < -0.39 is 22.9 Å². The van der Waals surface area contributed by atoms with E-state index in [-0.39, 0.29) is 23.1 Å². The lowest BCUT2D eigenvalue weighted by molar-refractivity contribution is -0.529. The van der Waals surface area contributed by atoms with Gasteiger partial charge in [0.05, 0.1) is 11.1 Å². The van der Waals surface area contributed by atoms with Gasteiger partial charge in [0.25, 0.3) is 0 Å². The molecule has 0 aliphatic rings. The van der Waals surface area contributed by atoms with Crippen LogP contribution in [0.3, 0.4) is 0 Å². The summed E-state index contributed by atoms with van der Waals surface area (Å²) in [6.45, 7) is 1.66. The van der Waals surface area contributed by atoms with Crippen molar-refractivity contribution in [2.75, 3.05) is 0 Å². The summed E-state index contributed by atoms with van der Waals surface area (Å²) >= 11 is 0. The fraction of sp³-hybridized carbons (Fsp3) is 0.176. The molecule has 0 heterocycles. The first kappa shape index (κ1) is 16.4. The number of esters is 2. The van der Waals surface area contributed by atoms with Gasteiger partial charge in [0, 0.05) is 16.9 Å². The smallest absolute Gasteiger partial charge is 0.346 e. The highest BCUT2D eigenvalue weighted by Crippen LogP contribution is 2.24. The van der Waals surface area contributed by atoms with E-state index in [9.17, 15) is 19.7 Å². The Morgan fingerprint density at radius 3 is 2.26 bits per heavy atom. The van der Waals surface area contributed by atoms with Crippen molar-refractivity contribution in [3.05, 3.63) is 81.4 Å². The van der Waals surface area contributed by atoms with Gasteiger partial charge in [-0.15, -0.1) is 0 Å². The van der Waals surface area contributed by atoms with Gasteiger partial charge >= 0.3 is 11.9 Å². The minimum absolute atomic E-state index is 0.0281. The minimum Gasteiger partial charge on any atom is -0.386 e. The summed E-state index contributed by atoms with van der Waals surface area (Å²) in [5.74, 6) is -1.69. The highest BCUT2D eigenvalue weighted by molar-refractivity contribution is 6.03. The maximum atomic E-state index is 12.2. The number of rotatable bonds is 5. The van der Waals surface area contributed by atoms with Crippen molar-refractivity contribution in [2.45, 2.75) is 19.4 Å². The SMILES string of the molecule is CCC(c1ccccc1C(=O)OC(=O)c1ccccc1)[N+](=O)[O-]. The molecule has 0 saturated heterocycles. The third-order valence-electron chi connectivity index (χ3n) is 3.38. The van der Waals surface area contributed by atoms with Gasteiger partial charge in [-0.3, -0.25) is 10.1 Å². The molecule has 6 heteroatoms. The van der Waals surface area contributed by atoms with E-state index in [1.54, 1.807) is 37.3 Å². The van der Waals surface area contributed by atoms with Crippen LogP contribution in [0.2, 0.25) is 0 Å². The summed E-state index contributed by atoms with van der Waals surface area (Å²) in [5.41, 5.74) is 0.505.